The monoisotopic (exact) mass is 459 g/mol. The molecule has 2 aromatic carbocycles. The molecule has 1 heterocycles. The maximum absolute atomic E-state index is 14.0. The number of anilines is 2. The van der Waals surface area contributed by atoms with Gasteiger partial charge in [-0.2, -0.15) is 0 Å². The van der Waals surface area contributed by atoms with Crippen molar-refractivity contribution in [3.63, 3.8) is 0 Å². The van der Waals surface area contributed by atoms with Crippen LogP contribution in [0.4, 0.5) is 20.2 Å². The van der Waals surface area contributed by atoms with Crippen molar-refractivity contribution in [3.05, 3.63) is 52.5 Å². The number of piperidine rings is 1. The second kappa shape index (κ2) is 8.12. The van der Waals surface area contributed by atoms with E-state index in [4.69, 9.17) is 0 Å². The van der Waals surface area contributed by atoms with E-state index in [1.54, 1.807) is 12.1 Å². The molecule has 27 heavy (non-hydrogen) atoms. The van der Waals surface area contributed by atoms with Crippen molar-refractivity contribution in [2.75, 3.05) is 30.2 Å². The molecular weight excluding hydrogens is 440 g/mol. The minimum Gasteiger partial charge on any atom is -0.382 e. The van der Waals surface area contributed by atoms with E-state index in [-0.39, 0.29) is 21.1 Å². The fourth-order valence-corrected chi connectivity index (χ4v) is 4.75. The van der Waals surface area contributed by atoms with Gasteiger partial charge in [0, 0.05) is 22.3 Å². The van der Waals surface area contributed by atoms with Gasteiger partial charge < -0.3 is 10.2 Å². The molecule has 0 bridgehead atoms. The molecular formula is C18H20BrF2N3O2S. The maximum Gasteiger partial charge on any atom is 0.262 e. The number of halogens is 3. The lowest BCUT2D eigenvalue weighted by Gasteiger charge is -2.30. The Morgan fingerprint density at radius 3 is 2.52 bits per heavy atom. The molecule has 9 heteroatoms. The Kier molecular flexibility index (Phi) is 6.02. The van der Waals surface area contributed by atoms with Gasteiger partial charge in [0.1, 0.15) is 5.82 Å². The van der Waals surface area contributed by atoms with Crippen molar-refractivity contribution in [1.29, 1.82) is 0 Å². The van der Waals surface area contributed by atoms with E-state index in [1.165, 1.54) is 12.1 Å². The van der Waals surface area contributed by atoms with E-state index in [0.29, 0.717) is 11.8 Å². The Labute approximate surface area is 165 Å². The summed E-state index contributed by atoms with van der Waals surface area (Å²) >= 11 is 2.98. The Hall–Kier alpha value is -1.71. The summed E-state index contributed by atoms with van der Waals surface area (Å²) in [5, 5.41) is 3.36. The fraction of sp³-hybridized carbons (Fsp3) is 0.333. The van der Waals surface area contributed by atoms with Crippen LogP contribution in [-0.2, 0) is 10.0 Å². The smallest absolute Gasteiger partial charge is 0.262 e. The summed E-state index contributed by atoms with van der Waals surface area (Å²) in [6, 6.07) is 8.26. The quantitative estimate of drug-likeness (QED) is 0.708. The highest BCUT2D eigenvalue weighted by molar-refractivity contribution is 9.10. The number of hydrogen-bond acceptors (Lipinski definition) is 4. The summed E-state index contributed by atoms with van der Waals surface area (Å²) in [5.74, 6) is -1.79. The second-order valence-electron chi connectivity index (χ2n) is 6.60. The van der Waals surface area contributed by atoms with Crippen LogP contribution >= 0.6 is 15.9 Å². The largest absolute Gasteiger partial charge is 0.382 e. The second-order valence-corrected chi connectivity index (χ2v) is 9.14. The van der Waals surface area contributed by atoms with E-state index >= 15 is 0 Å². The average molecular weight is 460 g/mol. The Morgan fingerprint density at radius 2 is 1.85 bits per heavy atom. The molecule has 146 valence electrons. The van der Waals surface area contributed by atoms with Gasteiger partial charge in [-0.15, -0.1) is 0 Å². The van der Waals surface area contributed by atoms with Gasteiger partial charge in [-0.05, 0) is 73.2 Å². The number of nitrogens with zero attached hydrogens (tertiary/aromatic N) is 1. The zero-order valence-corrected chi connectivity index (χ0v) is 17.1. The lowest BCUT2D eigenvalue weighted by atomic mass is 10.1. The third-order valence-corrected chi connectivity index (χ3v) is 6.45. The van der Waals surface area contributed by atoms with Crippen LogP contribution in [0.5, 0.6) is 0 Å². The van der Waals surface area contributed by atoms with Gasteiger partial charge in [0.15, 0.2) is 5.82 Å². The fourth-order valence-electron chi connectivity index (χ4n) is 2.97. The van der Waals surface area contributed by atoms with E-state index in [0.717, 1.165) is 32.0 Å². The van der Waals surface area contributed by atoms with Gasteiger partial charge in [0.25, 0.3) is 10.0 Å². The van der Waals surface area contributed by atoms with Gasteiger partial charge in [-0.1, -0.05) is 6.07 Å². The number of nitrogens with one attached hydrogen (secondary N) is 2. The van der Waals surface area contributed by atoms with Crippen LogP contribution in [0.25, 0.3) is 0 Å². The molecule has 0 unspecified atom stereocenters. The van der Waals surface area contributed by atoms with Crippen molar-refractivity contribution < 1.29 is 17.2 Å². The molecule has 1 saturated heterocycles. The molecule has 0 aliphatic carbocycles. The molecule has 0 atom stereocenters. The third-order valence-electron chi connectivity index (χ3n) is 4.48. The highest BCUT2D eigenvalue weighted by Gasteiger charge is 2.21. The highest BCUT2D eigenvalue weighted by atomic mass is 79.9. The van der Waals surface area contributed by atoms with Gasteiger partial charge >= 0.3 is 0 Å². The average Bonchev–Trinajstić information content (AvgIpc) is 2.60. The van der Waals surface area contributed by atoms with Gasteiger partial charge in [-0.3, -0.25) is 4.72 Å². The lowest BCUT2D eigenvalue weighted by Crippen LogP contribution is -2.36. The first-order chi connectivity index (χ1) is 12.7. The summed E-state index contributed by atoms with van der Waals surface area (Å²) in [4.78, 5) is 2.24. The van der Waals surface area contributed by atoms with Crippen molar-refractivity contribution >= 4 is 37.3 Å². The summed E-state index contributed by atoms with van der Waals surface area (Å²) in [5.41, 5.74) is 0.358. The zero-order valence-electron chi connectivity index (χ0n) is 14.7. The van der Waals surface area contributed by atoms with Crippen LogP contribution in [0.2, 0.25) is 0 Å². The zero-order chi connectivity index (χ0) is 19.6. The molecule has 5 nitrogen and oxygen atoms in total. The summed E-state index contributed by atoms with van der Waals surface area (Å²) in [7, 11) is -1.96. The van der Waals surface area contributed by atoms with Crippen LogP contribution in [0.3, 0.4) is 0 Å². The first-order valence-electron chi connectivity index (χ1n) is 8.47. The predicted octanol–water partition coefficient (Wildman–Crippen LogP) is 4.03. The minimum atomic E-state index is -4.03. The molecule has 3 rings (SSSR count). The predicted molar refractivity (Wildman–Crippen MR) is 105 cm³/mol. The first kappa shape index (κ1) is 20.0. The summed E-state index contributed by atoms with van der Waals surface area (Å²) in [6.45, 7) is 1.96. The van der Waals surface area contributed by atoms with Crippen molar-refractivity contribution in [2.45, 2.75) is 23.8 Å². The van der Waals surface area contributed by atoms with E-state index in [1.807, 2.05) is 0 Å². The molecule has 1 aliphatic heterocycles. The Morgan fingerprint density at radius 1 is 1.15 bits per heavy atom. The number of likely N-dealkylation sites (tertiary alicyclic amines) is 1. The van der Waals surface area contributed by atoms with Crippen molar-refractivity contribution in [2.24, 2.45) is 0 Å². The normalized spacial score (nSPS) is 16.3. The summed E-state index contributed by atoms with van der Waals surface area (Å²) < 4.78 is 54.6. The number of sulfonamides is 1. The van der Waals surface area contributed by atoms with Crippen LogP contribution in [0.1, 0.15) is 12.8 Å². The standard InChI is InChI=1S/C18H20BrF2N3O2S/c1-24-7-5-13(6-8-24)22-14-3-2-4-15(11-14)27(25,26)23-18-16(19)9-12(20)10-17(18)21/h2-4,9-11,13,22-23H,5-8H2,1H3. The van der Waals surface area contributed by atoms with E-state index in [9.17, 15) is 17.2 Å². The van der Waals surface area contributed by atoms with E-state index in [2.05, 4.69) is 37.9 Å². The van der Waals surface area contributed by atoms with Gasteiger partial charge in [-0.25, -0.2) is 17.2 Å². The lowest BCUT2D eigenvalue weighted by molar-refractivity contribution is 0.264. The Balaban J connectivity index is 1.79. The van der Waals surface area contributed by atoms with Crippen molar-refractivity contribution in [1.82, 2.24) is 4.90 Å². The molecule has 0 radical (unpaired) electrons. The minimum absolute atomic E-state index is 0.00366. The van der Waals surface area contributed by atoms with Crippen LogP contribution < -0.4 is 10.0 Å². The third kappa shape index (κ3) is 4.97. The first-order valence-corrected chi connectivity index (χ1v) is 10.7. The molecule has 1 aliphatic rings. The van der Waals surface area contributed by atoms with Gasteiger partial charge in [0.2, 0.25) is 0 Å². The summed E-state index contributed by atoms with van der Waals surface area (Å²) in [6.07, 6.45) is 1.94. The number of rotatable bonds is 5. The Bertz CT molecular complexity index is 909. The molecule has 0 aromatic heterocycles. The molecule has 2 N–H and O–H groups in total. The van der Waals surface area contributed by atoms with Crippen LogP contribution in [-0.4, -0.2) is 39.5 Å². The molecule has 1 fully saturated rings. The molecule has 0 amide bonds. The molecule has 0 saturated carbocycles. The molecule has 2 aromatic rings. The maximum atomic E-state index is 14.0. The SMILES string of the molecule is CN1CCC(Nc2cccc(S(=O)(=O)Nc3c(F)cc(F)cc3Br)c2)CC1. The highest BCUT2D eigenvalue weighted by Crippen LogP contribution is 2.29. The van der Waals surface area contributed by atoms with Crippen LogP contribution in [0, 0.1) is 11.6 Å². The number of hydrogen-bond donors (Lipinski definition) is 2. The van der Waals surface area contributed by atoms with Gasteiger partial charge in [0.05, 0.1) is 10.6 Å². The number of benzene rings is 2. The van der Waals surface area contributed by atoms with E-state index < -0.39 is 21.7 Å². The molecule has 0 spiro atoms. The van der Waals surface area contributed by atoms with Crippen molar-refractivity contribution in [3.8, 4) is 0 Å². The topological polar surface area (TPSA) is 61.4 Å². The van der Waals surface area contributed by atoms with Crippen LogP contribution in [0.15, 0.2) is 45.8 Å².